The standard InChI is InChI=1S/C21H22N2O5S/c1-14-9-10-18(11-15(14)2)29(25,26)22-12-20(24)27-13-19-16(3)28-21(23-19)17-7-5-4-6-8-17/h4-11,22H,12-13H2,1-3H3. The van der Waals surface area contributed by atoms with Crippen molar-refractivity contribution in [2.75, 3.05) is 6.54 Å². The summed E-state index contributed by atoms with van der Waals surface area (Å²) in [5.74, 6) is 0.262. The van der Waals surface area contributed by atoms with Gasteiger partial charge in [0, 0.05) is 5.56 Å². The summed E-state index contributed by atoms with van der Waals surface area (Å²) in [7, 11) is -3.80. The number of carbonyl (C=O) groups excluding carboxylic acids is 1. The van der Waals surface area contributed by atoms with Gasteiger partial charge in [-0.2, -0.15) is 4.72 Å². The van der Waals surface area contributed by atoms with E-state index in [2.05, 4.69) is 9.71 Å². The second-order valence-electron chi connectivity index (χ2n) is 6.62. The maximum atomic E-state index is 12.3. The van der Waals surface area contributed by atoms with E-state index >= 15 is 0 Å². The van der Waals surface area contributed by atoms with Gasteiger partial charge in [0.05, 0.1) is 4.90 Å². The first kappa shape index (κ1) is 20.8. The van der Waals surface area contributed by atoms with Gasteiger partial charge in [0.1, 0.15) is 24.6 Å². The Labute approximate surface area is 169 Å². The molecule has 7 nitrogen and oxygen atoms in total. The van der Waals surface area contributed by atoms with Gasteiger partial charge in [-0.05, 0) is 56.2 Å². The number of ether oxygens (including phenoxy) is 1. The van der Waals surface area contributed by atoms with Crippen LogP contribution in [0.25, 0.3) is 11.5 Å². The summed E-state index contributed by atoms with van der Waals surface area (Å²) in [6.07, 6.45) is 0. The predicted molar refractivity (Wildman–Crippen MR) is 108 cm³/mol. The van der Waals surface area contributed by atoms with E-state index in [-0.39, 0.29) is 11.5 Å². The van der Waals surface area contributed by atoms with Crippen LogP contribution in [0.4, 0.5) is 0 Å². The Hall–Kier alpha value is -2.97. The summed E-state index contributed by atoms with van der Waals surface area (Å²) in [5, 5.41) is 0. The minimum absolute atomic E-state index is 0.105. The van der Waals surface area contributed by atoms with Crippen LogP contribution in [0, 0.1) is 20.8 Å². The number of oxazole rings is 1. The van der Waals surface area contributed by atoms with Crippen molar-refractivity contribution in [1.82, 2.24) is 9.71 Å². The maximum Gasteiger partial charge on any atom is 0.321 e. The zero-order chi connectivity index (χ0) is 21.0. The quantitative estimate of drug-likeness (QED) is 0.596. The maximum absolute atomic E-state index is 12.3. The molecule has 1 N–H and O–H groups in total. The fraction of sp³-hybridized carbons (Fsp3) is 0.238. The van der Waals surface area contributed by atoms with Crippen LogP contribution < -0.4 is 4.72 Å². The molecular formula is C21H22N2O5S. The van der Waals surface area contributed by atoms with Gasteiger partial charge in [-0.25, -0.2) is 13.4 Å². The van der Waals surface area contributed by atoms with Crippen LogP contribution >= 0.6 is 0 Å². The van der Waals surface area contributed by atoms with Gasteiger partial charge in [0.2, 0.25) is 15.9 Å². The molecule has 3 rings (SSSR count). The van der Waals surface area contributed by atoms with Crippen molar-refractivity contribution < 1.29 is 22.4 Å². The highest BCUT2D eigenvalue weighted by Gasteiger charge is 2.18. The molecule has 0 unspecified atom stereocenters. The molecule has 0 fully saturated rings. The second kappa shape index (κ2) is 8.59. The van der Waals surface area contributed by atoms with Gasteiger partial charge >= 0.3 is 5.97 Å². The molecule has 0 spiro atoms. The number of hydrogen-bond acceptors (Lipinski definition) is 6. The van der Waals surface area contributed by atoms with Crippen LogP contribution in [0.3, 0.4) is 0 Å². The van der Waals surface area contributed by atoms with E-state index in [4.69, 9.17) is 9.15 Å². The molecule has 1 heterocycles. The van der Waals surface area contributed by atoms with Crippen LogP contribution in [0.2, 0.25) is 0 Å². The Balaban J connectivity index is 1.58. The molecule has 0 aliphatic heterocycles. The third kappa shape index (κ3) is 5.10. The van der Waals surface area contributed by atoms with Gasteiger partial charge in [0.15, 0.2) is 0 Å². The van der Waals surface area contributed by atoms with E-state index < -0.39 is 22.5 Å². The zero-order valence-electron chi connectivity index (χ0n) is 16.4. The second-order valence-corrected chi connectivity index (χ2v) is 8.39. The highest BCUT2D eigenvalue weighted by Crippen LogP contribution is 2.21. The normalized spacial score (nSPS) is 11.4. The minimum atomic E-state index is -3.80. The largest absolute Gasteiger partial charge is 0.458 e. The van der Waals surface area contributed by atoms with Crippen LogP contribution in [0.1, 0.15) is 22.6 Å². The number of hydrogen-bond donors (Lipinski definition) is 1. The van der Waals surface area contributed by atoms with Gasteiger partial charge in [-0.3, -0.25) is 4.79 Å². The summed E-state index contributed by atoms with van der Waals surface area (Å²) < 4.78 is 37.7. The molecule has 0 amide bonds. The molecular weight excluding hydrogens is 392 g/mol. The highest BCUT2D eigenvalue weighted by molar-refractivity contribution is 7.89. The Morgan fingerprint density at radius 3 is 2.48 bits per heavy atom. The van der Waals surface area contributed by atoms with Gasteiger partial charge in [-0.15, -0.1) is 0 Å². The molecule has 0 bridgehead atoms. The number of nitrogens with zero attached hydrogens (tertiary/aromatic N) is 1. The van der Waals surface area contributed by atoms with Crippen LogP contribution in [0.15, 0.2) is 57.8 Å². The molecule has 8 heteroatoms. The number of esters is 1. The van der Waals surface area contributed by atoms with E-state index in [9.17, 15) is 13.2 Å². The summed E-state index contributed by atoms with van der Waals surface area (Å²) in [5.41, 5.74) is 3.14. The van der Waals surface area contributed by atoms with E-state index in [1.807, 2.05) is 44.2 Å². The van der Waals surface area contributed by atoms with E-state index in [0.717, 1.165) is 16.7 Å². The van der Waals surface area contributed by atoms with Crippen LogP contribution in [-0.2, 0) is 26.2 Å². The SMILES string of the molecule is Cc1ccc(S(=O)(=O)NCC(=O)OCc2nc(-c3ccccc3)oc2C)cc1C. The Kier molecular flexibility index (Phi) is 6.14. The predicted octanol–water partition coefficient (Wildman–Crippen LogP) is 3.29. The fourth-order valence-electron chi connectivity index (χ4n) is 2.58. The number of aromatic nitrogens is 1. The monoisotopic (exact) mass is 414 g/mol. The van der Waals surface area contributed by atoms with Crippen molar-refractivity contribution in [2.45, 2.75) is 32.3 Å². The topological polar surface area (TPSA) is 98.5 Å². The van der Waals surface area contributed by atoms with Gasteiger partial charge in [-0.1, -0.05) is 24.3 Å². The molecule has 29 heavy (non-hydrogen) atoms. The van der Waals surface area contributed by atoms with Crippen molar-refractivity contribution >= 4 is 16.0 Å². The molecule has 0 atom stereocenters. The van der Waals surface area contributed by atoms with Crippen LogP contribution in [0.5, 0.6) is 0 Å². The molecule has 1 aromatic heterocycles. The number of nitrogens with one attached hydrogen (secondary N) is 1. The molecule has 0 aliphatic carbocycles. The summed E-state index contributed by atoms with van der Waals surface area (Å²) in [4.78, 5) is 16.4. The van der Waals surface area contributed by atoms with E-state index in [0.29, 0.717) is 17.3 Å². The lowest BCUT2D eigenvalue weighted by Crippen LogP contribution is -2.30. The average molecular weight is 414 g/mol. The van der Waals surface area contributed by atoms with Gasteiger partial charge in [0.25, 0.3) is 0 Å². The number of rotatable bonds is 7. The third-order valence-electron chi connectivity index (χ3n) is 4.48. The lowest BCUT2D eigenvalue weighted by molar-refractivity contribution is -0.143. The molecule has 152 valence electrons. The third-order valence-corrected chi connectivity index (χ3v) is 5.88. The first-order chi connectivity index (χ1) is 13.8. The number of aryl methyl sites for hydroxylation is 3. The first-order valence-electron chi connectivity index (χ1n) is 9.00. The van der Waals surface area contributed by atoms with Crippen molar-refractivity contribution in [1.29, 1.82) is 0 Å². The van der Waals surface area contributed by atoms with Gasteiger partial charge < -0.3 is 9.15 Å². The minimum Gasteiger partial charge on any atom is -0.458 e. The van der Waals surface area contributed by atoms with Crippen molar-refractivity contribution in [2.24, 2.45) is 0 Å². The Morgan fingerprint density at radius 2 is 1.79 bits per heavy atom. The summed E-state index contributed by atoms with van der Waals surface area (Å²) in [6, 6.07) is 14.1. The number of benzene rings is 2. The average Bonchev–Trinajstić information content (AvgIpc) is 3.08. The molecule has 0 saturated heterocycles. The smallest absolute Gasteiger partial charge is 0.321 e. The Bertz CT molecular complexity index is 1120. The lowest BCUT2D eigenvalue weighted by Gasteiger charge is -2.08. The molecule has 0 radical (unpaired) electrons. The molecule has 3 aromatic rings. The van der Waals surface area contributed by atoms with Crippen molar-refractivity contribution in [3.63, 3.8) is 0 Å². The molecule has 2 aromatic carbocycles. The molecule has 0 saturated carbocycles. The number of carbonyl (C=O) groups is 1. The fourth-order valence-corrected chi connectivity index (χ4v) is 3.64. The summed E-state index contributed by atoms with van der Waals surface area (Å²) in [6.45, 7) is 4.87. The molecule has 0 aliphatic rings. The zero-order valence-corrected chi connectivity index (χ0v) is 17.2. The van der Waals surface area contributed by atoms with Crippen molar-refractivity contribution in [3.8, 4) is 11.5 Å². The first-order valence-corrected chi connectivity index (χ1v) is 10.5. The van der Waals surface area contributed by atoms with E-state index in [1.165, 1.54) is 6.07 Å². The van der Waals surface area contributed by atoms with Crippen molar-refractivity contribution in [3.05, 3.63) is 71.1 Å². The highest BCUT2D eigenvalue weighted by atomic mass is 32.2. The summed E-state index contributed by atoms with van der Waals surface area (Å²) >= 11 is 0. The Morgan fingerprint density at radius 1 is 1.07 bits per heavy atom. The van der Waals surface area contributed by atoms with E-state index in [1.54, 1.807) is 19.1 Å². The lowest BCUT2D eigenvalue weighted by atomic mass is 10.1. The number of sulfonamides is 1. The van der Waals surface area contributed by atoms with Crippen LogP contribution in [-0.4, -0.2) is 25.9 Å².